The summed E-state index contributed by atoms with van der Waals surface area (Å²) in [4.78, 5) is 21.1. The molecule has 1 N–H and O–H groups in total. The summed E-state index contributed by atoms with van der Waals surface area (Å²) in [6, 6.07) is 27.3. The Morgan fingerprint density at radius 3 is 2.54 bits per heavy atom. The molecule has 0 bridgehead atoms. The van der Waals surface area contributed by atoms with Crippen molar-refractivity contribution in [3.05, 3.63) is 107 Å². The molecule has 3 aromatic carbocycles. The number of aromatic amines is 1. The molecule has 2 aromatic heterocycles. The second kappa shape index (κ2) is 9.84. The molecule has 0 atom stereocenters. The molecule has 5 aromatic rings. The highest BCUT2D eigenvalue weighted by Gasteiger charge is 2.14. The van der Waals surface area contributed by atoms with Crippen LogP contribution in [-0.2, 0) is 0 Å². The predicted molar refractivity (Wildman–Crippen MR) is 141 cm³/mol. The maximum absolute atomic E-state index is 12.6. The van der Waals surface area contributed by atoms with E-state index in [1.807, 2.05) is 54.7 Å². The van der Waals surface area contributed by atoms with E-state index >= 15 is 0 Å². The number of para-hydroxylation sites is 2. The predicted octanol–water partition coefficient (Wildman–Crippen LogP) is 5.95. The summed E-state index contributed by atoms with van der Waals surface area (Å²) in [6.07, 6.45) is 3.61. The van der Waals surface area contributed by atoms with Gasteiger partial charge in [0.05, 0.1) is 27.9 Å². The zero-order valence-electron chi connectivity index (χ0n) is 19.0. The van der Waals surface area contributed by atoms with Gasteiger partial charge in [0, 0.05) is 22.2 Å². The van der Waals surface area contributed by atoms with Gasteiger partial charge >= 0.3 is 0 Å². The number of aromatic nitrogens is 4. The van der Waals surface area contributed by atoms with E-state index in [0.717, 1.165) is 28.3 Å². The number of allylic oxidation sites excluding steroid dienone is 1. The lowest BCUT2D eigenvalue weighted by Crippen LogP contribution is -2.11. The van der Waals surface area contributed by atoms with E-state index in [1.54, 1.807) is 40.7 Å². The topological polar surface area (TPSA) is 87.4 Å². The fourth-order valence-corrected chi connectivity index (χ4v) is 4.49. The number of fused-ring (bicyclic) bond motifs is 1. The molecular weight excluding hydrogens is 454 g/mol. The molecule has 2 heterocycles. The van der Waals surface area contributed by atoms with Gasteiger partial charge in [-0.05, 0) is 48.2 Å². The van der Waals surface area contributed by atoms with Crippen LogP contribution in [0.2, 0.25) is 0 Å². The third-order valence-electron chi connectivity index (χ3n) is 5.49. The standard InChI is InChI=1S/C28H21N5OS/c1-2-35-23-14-12-19(13-15-23)26-21(18-33(32-26)22-8-4-3-5-9-22)16-20(17-29)27-30-25-11-7-6-10-24(25)28(34)31-27/h3-16,18H,2H2,1H3,(H,30,31,34)/b20-16-. The minimum Gasteiger partial charge on any atom is -0.305 e. The summed E-state index contributed by atoms with van der Waals surface area (Å²) in [5, 5.41) is 15.3. The lowest BCUT2D eigenvalue weighted by atomic mass is 10.1. The zero-order chi connectivity index (χ0) is 24.2. The van der Waals surface area contributed by atoms with Crippen molar-refractivity contribution in [2.75, 3.05) is 5.75 Å². The monoisotopic (exact) mass is 475 g/mol. The van der Waals surface area contributed by atoms with Crippen molar-refractivity contribution in [1.82, 2.24) is 19.7 Å². The summed E-state index contributed by atoms with van der Waals surface area (Å²) in [5.41, 5.74) is 3.83. The van der Waals surface area contributed by atoms with Crippen LogP contribution in [0.1, 0.15) is 18.3 Å². The summed E-state index contributed by atoms with van der Waals surface area (Å²) < 4.78 is 1.79. The highest BCUT2D eigenvalue weighted by atomic mass is 32.2. The van der Waals surface area contributed by atoms with Gasteiger partial charge in [-0.2, -0.15) is 10.4 Å². The fourth-order valence-electron chi connectivity index (χ4n) is 3.83. The molecule has 7 heteroatoms. The highest BCUT2D eigenvalue weighted by Crippen LogP contribution is 2.29. The van der Waals surface area contributed by atoms with Crippen LogP contribution in [0.4, 0.5) is 0 Å². The van der Waals surface area contributed by atoms with Gasteiger partial charge in [0.1, 0.15) is 6.07 Å². The number of thioether (sulfide) groups is 1. The van der Waals surface area contributed by atoms with E-state index in [-0.39, 0.29) is 17.0 Å². The van der Waals surface area contributed by atoms with Gasteiger partial charge in [0.15, 0.2) is 5.82 Å². The smallest absolute Gasteiger partial charge is 0.259 e. The number of nitriles is 1. The Bertz CT molecular complexity index is 1630. The molecule has 0 aliphatic heterocycles. The third-order valence-corrected chi connectivity index (χ3v) is 6.38. The lowest BCUT2D eigenvalue weighted by molar-refractivity contribution is 0.884. The molecular formula is C28H21N5OS. The van der Waals surface area contributed by atoms with Crippen molar-refractivity contribution >= 4 is 34.3 Å². The normalized spacial score (nSPS) is 11.5. The van der Waals surface area contributed by atoms with E-state index in [2.05, 4.69) is 35.1 Å². The number of hydrogen-bond donors (Lipinski definition) is 1. The minimum atomic E-state index is -0.282. The molecule has 0 spiro atoms. The Morgan fingerprint density at radius 2 is 1.80 bits per heavy atom. The molecule has 5 rings (SSSR count). The Labute approximate surface area is 206 Å². The molecule has 0 saturated carbocycles. The Morgan fingerprint density at radius 1 is 1.06 bits per heavy atom. The van der Waals surface area contributed by atoms with E-state index in [0.29, 0.717) is 10.9 Å². The van der Waals surface area contributed by atoms with Gasteiger partial charge in [0.25, 0.3) is 5.56 Å². The first kappa shape index (κ1) is 22.4. The second-order valence-corrected chi connectivity index (χ2v) is 9.11. The Kier molecular flexibility index (Phi) is 6.29. The van der Waals surface area contributed by atoms with Crippen molar-refractivity contribution in [2.45, 2.75) is 11.8 Å². The van der Waals surface area contributed by atoms with Crippen molar-refractivity contribution in [2.24, 2.45) is 0 Å². The van der Waals surface area contributed by atoms with Gasteiger partial charge in [-0.25, -0.2) is 9.67 Å². The van der Waals surface area contributed by atoms with Crippen LogP contribution in [0.5, 0.6) is 0 Å². The number of H-pyrrole nitrogens is 1. The van der Waals surface area contributed by atoms with Gasteiger partial charge in [-0.1, -0.05) is 49.4 Å². The summed E-state index contributed by atoms with van der Waals surface area (Å²) in [7, 11) is 0. The highest BCUT2D eigenvalue weighted by molar-refractivity contribution is 7.99. The van der Waals surface area contributed by atoms with Crippen LogP contribution < -0.4 is 5.56 Å². The van der Waals surface area contributed by atoms with Crippen LogP contribution in [0.15, 0.2) is 94.7 Å². The molecule has 170 valence electrons. The summed E-state index contributed by atoms with van der Waals surface area (Å²) in [5.74, 6) is 1.22. The summed E-state index contributed by atoms with van der Waals surface area (Å²) in [6.45, 7) is 2.12. The first-order chi connectivity index (χ1) is 17.2. The first-order valence-electron chi connectivity index (χ1n) is 11.2. The van der Waals surface area contributed by atoms with Crippen molar-refractivity contribution in [1.29, 1.82) is 5.26 Å². The molecule has 0 amide bonds. The molecule has 0 fully saturated rings. The Hall–Kier alpha value is -4.41. The average molecular weight is 476 g/mol. The number of nitrogens with one attached hydrogen (secondary N) is 1. The number of nitrogens with zero attached hydrogens (tertiary/aromatic N) is 4. The van der Waals surface area contributed by atoms with Gasteiger partial charge in [-0.15, -0.1) is 11.8 Å². The first-order valence-corrected chi connectivity index (χ1v) is 12.1. The largest absolute Gasteiger partial charge is 0.305 e. The molecule has 0 aliphatic rings. The maximum Gasteiger partial charge on any atom is 0.259 e. The van der Waals surface area contributed by atoms with Gasteiger partial charge < -0.3 is 4.98 Å². The SMILES string of the molecule is CCSc1ccc(-c2nn(-c3ccccc3)cc2/C=C(/C#N)c2nc3ccccc3c(=O)[nH]2)cc1. The number of benzene rings is 3. The summed E-state index contributed by atoms with van der Waals surface area (Å²) >= 11 is 1.78. The molecule has 0 aliphatic carbocycles. The van der Waals surface area contributed by atoms with E-state index in [4.69, 9.17) is 5.10 Å². The zero-order valence-corrected chi connectivity index (χ0v) is 19.8. The quantitative estimate of drug-likeness (QED) is 0.242. The lowest BCUT2D eigenvalue weighted by Gasteiger charge is -2.04. The molecule has 0 radical (unpaired) electrons. The fraction of sp³-hybridized carbons (Fsp3) is 0.0714. The van der Waals surface area contributed by atoms with Gasteiger partial charge in [0.2, 0.25) is 0 Å². The average Bonchev–Trinajstić information content (AvgIpc) is 3.32. The van der Waals surface area contributed by atoms with E-state index < -0.39 is 0 Å². The maximum atomic E-state index is 12.6. The second-order valence-electron chi connectivity index (χ2n) is 7.77. The van der Waals surface area contributed by atoms with Crippen LogP contribution in [0.3, 0.4) is 0 Å². The number of rotatable bonds is 6. The van der Waals surface area contributed by atoms with E-state index in [9.17, 15) is 10.1 Å². The third kappa shape index (κ3) is 4.65. The molecule has 0 unspecified atom stereocenters. The van der Waals surface area contributed by atoms with Crippen molar-refractivity contribution in [3.63, 3.8) is 0 Å². The van der Waals surface area contributed by atoms with Crippen LogP contribution >= 0.6 is 11.8 Å². The molecule has 0 saturated heterocycles. The van der Waals surface area contributed by atoms with Crippen molar-refractivity contribution < 1.29 is 0 Å². The van der Waals surface area contributed by atoms with Crippen LogP contribution in [-0.4, -0.2) is 25.5 Å². The van der Waals surface area contributed by atoms with E-state index in [1.165, 1.54) is 4.90 Å². The Balaban J connectivity index is 1.65. The van der Waals surface area contributed by atoms with Crippen LogP contribution in [0, 0.1) is 11.3 Å². The molecule has 6 nitrogen and oxygen atoms in total. The number of hydrogen-bond acceptors (Lipinski definition) is 5. The van der Waals surface area contributed by atoms with Gasteiger partial charge in [-0.3, -0.25) is 4.79 Å². The molecule has 35 heavy (non-hydrogen) atoms. The van der Waals surface area contributed by atoms with Crippen LogP contribution in [0.25, 0.3) is 39.5 Å². The minimum absolute atomic E-state index is 0.226. The van der Waals surface area contributed by atoms with Crippen molar-refractivity contribution in [3.8, 4) is 23.0 Å².